The first-order chi connectivity index (χ1) is 14.8. The van der Waals surface area contributed by atoms with Crippen molar-refractivity contribution in [1.29, 1.82) is 0 Å². The van der Waals surface area contributed by atoms with E-state index in [9.17, 15) is 22.7 Å². The van der Waals surface area contributed by atoms with Gasteiger partial charge in [0.2, 0.25) is 0 Å². The molecule has 0 fully saturated rings. The minimum absolute atomic E-state index is 0.177. The summed E-state index contributed by atoms with van der Waals surface area (Å²) in [4.78, 5) is 0. The molecule has 2 aromatic carbocycles. The summed E-state index contributed by atoms with van der Waals surface area (Å²) in [6, 6.07) is 6.77. The Hall–Kier alpha value is -1.96. The highest BCUT2D eigenvalue weighted by atomic mass is 19.2. The summed E-state index contributed by atoms with van der Waals surface area (Å²) >= 11 is 0. The molecule has 0 aliphatic rings. The van der Waals surface area contributed by atoms with Gasteiger partial charge in [-0.1, -0.05) is 69.7 Å². The molecule has 1 unspecified atom stereocenters. The predicted octanol–water partition coefficient (Wildman–Crippen LogP) is 6.68. The highest BCUT2D eigenvalue weighted by molar-refractivity contribution is 5.65. The number of hydrogen-bond acceptors (Lipinski definition) is 3. The fourth-order valence-electron chi connectivity index (χ4n) is 3.73. The lowest BCUT2D eigenvalue weighted by Crippen LogP contribution is -2.40. The second kappa shape index (κ2) is 11.6. The number of halogens is 4. The van der Waals surface area contributed by atoms with Crippen molar-refractivity contribution in [2.75, 3.05) is 14.2 Å². The van der Waals surface area contributed by atoms with Crippen molar-refractivity contribution in [2.45, 2.75) is 63.8 Å². The zero-order valence-electron chi connectivity index (χ0n) is 18.2. The van der Waals surface area contributed by atoms with Gasteiger partial charge in [0.1, 0.15) is 0 Å². The fourth-order valence-corrected chi connectivity index (χ4v) is 3.73. The Morgan fingerprint density at radius 2 is 1.42 bits per heavy atom. The van der Waals surface area contributed by atoms with Gasteiger partial charge in [0.15, 0.2) is 23.3 Å². The minimum atomic E-state index is -1.86. The van der Waals surface area contributed by atoms with E-state index in [1.54, 1.807) is 12.1 Å². The van der Waals surface area contributed by atoms with Crippen LogP contribution in [-0.2, 0) is 9.47 Å². The van der Waals surface area contributed by atoms with Gasteiger partial charge >= 0.3 is 0 Å². The highest BCUT2D eigenvalue weighted by Crippen LogP contribution is 2.36. The maximum atomic E-state index is 14.1. The van der Waals surface area contributed by atoms with Crippen LogP contribution in [0.1, 0.15) is 63.4 Å². The molecule has 2 rings (SSSR count). The third-order valence-electron chi connectivity index (χ3n) is 5.60. The van der Waals surface area contributed by atoms with Gasteiger partial charge in [-0.25, -0.2) is 17.6 Å². The van der Waals surface area contributed by atoms with Crippen molar-refractivity contribution in [1.82, 2.24) is 0 Å². The summed E-state index contributed by atoms with van der Waals surface area (Å²) in [5, 5.41) is 10.8. The maximum Gasteiger partial charge on any atom is 0.287 e. The van der Waals surface area contributed by atoms with Crippen LogP contribution in [-0.4, -0.2) is 25.3 Å². The number of ether oxygens (including phenoxy) is 2. The Kier molecular flexibility index (Phi) is 9.47. The van der Waals surface area contributed by atoms with Crippen molar-refractivity contribution in [3.05, 3.63) is 59.2 Å². The summed E-state index contributed by atoms with van der Waals surface area (Å²) < 4.78 is 64.9. The molecule has 0 radical (unpaired) electrons. The van der Waals surface area contributed by atoms with Gasteiger partial charge in [-0.05, 0) is 23.6 Å². The molecule has 0 aliphatic carbocycles. The van der Waals surface area contributed by atoms with Crippen molar-refractivity contribution in [3.8, 4) is 11.1 Å². The van der Waals surface area contributed by atoms with E-state index >= 15 is 0 Å². The molecule has 172 valence electrons. The summed E-state index contributed by atoms with van der Waals surface area (Å²) in [5.41, 5.74) is 0.451. The molecule has 1 N–H and O–H groups in total. The van der Waals surface area contributed by atoms with Crippen LogP contribution in [0.25, 0.3) is 11.1 Å². The topological polar surface area (TPSA) is 38.7 Å². The second-order valence-electron chi connectivity index (χ2n) is 7.62. The molecule has 0 bridgehead atoms. The van der Waals surface area contributed by atoms with E-state index in [1.165, 1.54) is 32.8 Å². The van der Waals surface area contributed by atoms with Gasteiger partial charge in [0.25, 0.3) is 5.97 Å². The van der Waals surface area contributed by atoms with Crippen LogP contribution < -0.4 is 0 Å². The van der Waals surface area contributed by atoms with Crippen LogP contribution in [0.5, 0.6) is 0 Å². The van der Waals surface area contributed by atoms with Crippen molar-refractivity contribution >= 4 is 0 Å². The first kappa shape index (κ1) is 25.3. The number of hydrogen-bond donors (Lipinski definition) is 1. The van der Waals surface area contributed by atoms with Crippen LogP contribution in [0.2, 0.25) is 0 Å². The Bertz CT molecular complexity index is 836. The van der Waals surface area contributed by atoms with Crippen LogP contribution in [0, 0.1) is 23.3 Å². The van der Waals surface area contributed by atoms with E-state index in [4.69, 9.17) is 9.47 Å². The number of unbranched alkanes of at least 4 members (excludes halogenated alkanes) is 5. The lowest BCUT2D eigenvalue weighted by atomic mass is 9.89. The third kappa shape index (κ3) is 6.05. The third-order valence-corrected chi connectivity index (χ3v) is 5.60. The number of aliphatic hydroxyl groups is 1. The quantitative estimate of drug-likeness (QED) is 0.131. The van der Waals surface area contributed by atoms with Gasteiger partial charge in [0, 0.05) is 19.8 Å². The maximum absolute atomic E-state index is 14.1. The van der Waals surface area contributed by atoms with Crippen molar-refractivity contribution in [2.24, 2.45) is 0 Å². The molecule has 3 nitrogen and oxygen atoms in total. The number of rotatable bonds is 12. The molecule has 0 saturated carbocycles. The lowest BCUT2D eigenvalue weighted by molar-refractivity contribution is -0.353. The Morgan fingerprint density at radius 1 is 0.839 bits per heavy atom. The lowest BCUT2D eigenvalue weighted by Gasteiger charge is -2.33. The van der Waals surface area contributed by atoms with Crippen LogP contribution in [0.4, 0.5) is 17.6 Å². The summed E-state index contributed by atoms with van der Waals surface area (Å²) in [5.74, 6) is -9.01. The van der Waals surface area contributed by atoms with E-state index in [0.717, 1.165) is 32.1 Å². The van der Waals surface area contributed by atoms with E-state index < -0.39 is 35.2 Å². The van der Waals surface area contributed by atoms with Crippen molar-refractivity contribution in [3.63, 3.8) is 0 Å². The van der Waals surface area contributed by atoms with Crippen LogP contribution >= 0.6 is 0 Å². The zero-order valence-corrected chi connectivity index (χ0v) is 18.2. The summed E-state index contributed by atoms with van der Waals surface area (Å²) in [7, 11) is 2.68. The zero-order chi connectivity index (χ0) is 23.0. The largest absolute Gasteiger partial charge is 0.343 e. The average Bonchev–Trinajstić information content (AvgIpc) is 2.79. The molecule has 0 spiro atoms. The Labute approximate surface area is 181 Å². The average molecular weight is 442 g/mol. The summed E-state index contributed by atoms with van der Waals surface area (Å²) in [6.07, 6.45) is 7.02. The smallest absolute Gasteiger partial charge is 0.287 e. The first-order valence-corrected chi connectivity index (χ1v) is 10.5. The van der Waals surface area contributed by atoms with Gasteiger partial charge < -0.3 is 14.6 Å². The van der Waals surface area contributed by atoms with Crippen molar-refractivity contribution < 1.29 is 32.1 Å². The van der Waals surface area contributed by atoms with E-state index in [1.807, 2.05) is 0 Å². The molecular weight excluding hydrogens is 412 g/mol. The number of methoxy groups -OCH3 is 2. The normalized spacial score (nSPS) is 12.9. The van der Waals surface area contributed by atoms with Gasteiger partial charge in [-0.3, -0.25) is 0 Å². The molecular formula is C24H30F4O3. The molecule has 0 heterocycles. The van der Waals surface area contributed by atoms with Gasteiger partial charge in [-0.2, -0.15) is 0 Å². The van der Waals surface area contributed by atoms with Gasteiger partial charge in [-0.15, -0.1) is 0 Å². The molecule has 2 aromatic rings. The molecule has 0 aromatic heterocycles. The first-order valence-electron chi connectivity index (χ1n) is 10.5. The molecule has 0 saturated heterocycles. The standard InChI is InChI=1S/C24H30F4O3/c1-4-5-6-7-8-9-10-19(24(29,30-2)31-3)17-13-11-16(12-14-17)18-15-20(25)22(27)23(28)21(18)26/h11-15,19,29H,4-10H2,1-3H3. The van der Waals surface area contributed by atoms with E-state index in [0.29, 0.717) is 18.1 Å². The Balaban J connectivity index is 2.26. The van der Waals surface area contributed by atoms with E-state index in [-0.39, 0.29) is 11.1 Å². The number of benzene rings is 2. The van der Waals surface area contributed by atoms with Crippen LogP contribution in [0.3, 0.4) is 0 Å². The second-order valence-corrected chi connectivity index (χ2v) is 7.62. The Morgan fingerprint density at radius 3 is 2.00 bits per heavy atom. The molecule has 0 amide bonds. The predicted molar refractivity (Wildman–Crippen MR) is 111 cm³/mol. The van der Waals surface area contributed by atoms with Crippen LogP contribution in [0.15, 0.2) is 30.3 Å². The fraction of sp³-hybridized carbons (Fsp3) is 0.500. The van der Waals surface area contributed by atoms with E-state index in [2.05, 4.69) is 6.92 Å². The molecule has 0 aliphatic heterocycles. The highest BCUT2D eigenvalue weighted by Gasteiger charge is 2.38. The SMILES string of the molecule is CCCCCCCCC(c1ccc(-c2cc(F)c(F)c(F)c2F)cc1)C(O)(OC)OC. The monoisotopic (exact) mass is 442 g/mol. The molecule has 1 atom stereocenters. The molecule has 31 heavy (non-hydrogen) atoms. The summed E-state index contributed by atoms with van der Waals surface area (Å²) in [6.45, 7) is 2.15. The van der Waals surface area contributed by atoms with Gasteiger partial charge in [0.05, 0.1) is 5.92 Å². The minimum Gasteiger partial charge on any atom is -0.343 e. The molecule has 7 heteroatoms.